The Labute approximate surface area is 159 Å². The molecule has 6 heteroatoms. The standard InChI is InChI=1S/C22H14O6/c1-28-12-8-6-11(7-9-12)19(24)15-10-16(23)17-18(22(15)27)21(26)14-5-3-2-4-13(14)20(17)25/h2-10,23,27H,1H3. The molecule has 1 aliphatic rings. The second-order valence-electron chi connectivity index (χ2n) is 6.30. The minimum absolute atomic E-state index is 0.115. The number of fused-ring (bicyclic) bond motifs is 2. The lowest BCUT2D eigenvalue weighted by Crippen LogP contribution is -2.22. The number of aromatic hydroxyl groups is 2. The molecular formula is C22H14O6. The van der Waals surface area contributed by atoms with Gasteiger partial charge in [0.2, 0.25) is 0 Å². The molecule has 0 aromatic heterocycles. The van der Waals surface area contributed by atoms with E-state index in [1.807, 2.05) is 0 Å². The van der Waals surface area contributed by atoms with E-state index in [-0.39, 0.29) is 33.4 Å². The van der Waals surface area contributed by atoms with Crippen LogP contribution in [0.1, 0.15) is 47.8 Å². The van der Waals surface area contributed by atoms with E-state index in [0.29, 0.717) is 5.75 Å². The Bertz CT molecular complexity index is 1160. The molecule has 0 spiro atoms. The van der Waals surface area contributed by atoms with Crippen molar-refractivity contribution in [2.75, 3.05) is 7.11 Å². The minimum Gasteiger partial charge on any atom is -0.507 e. The summed E-state index contributed by atoms with van der Waals surface area (Å²) in [6, 6.07) is 13.3. The lowest BCUT2D eigenvalue weighted by atomic mass is 9.81. The molecule has 0 atom stereocenters. The average molecular weight is 374 g/mol. The van der Waals surface area contributed by atoms with Gasteiger partial charge < -0.3 is 14.9 Å². The van der Waals surface area contributed by atoms with Crippen LogP contribution in [0.15, 0.2) is 54.6 Å². The number of carbonyl (C=O) groups excluding carboxylic acids is 3. The lowest BCUT2D eigenvalue weighted by molar-refractivity contribution is 0.0972. The highest BCUT2D eigenvalue weighted by atomic mass is 16.5. The third-order valence-electron chi connectivity index (χ3n) is 4.75. The molecule has 28 heavy (non-hydrogen) atoms. The number of ketones is 3. The van der Waals surface area contributed by atoms with Crippen LogP contribution in [-0.4, -0.2) is 34.7 Å². The van der Waals surface area contributed by atoms with Crippen LogP contribution < -0.4 is 4.74 Å². The van der Waals surface area contributed by atoms with Crippen LogP contribution in [0.4, 0.5) is 0 Å². The zero-order valence-electron chi connectivity index (χ0n) is 14.7. The topological polar surface area (TPSA) is 101 Å². The van der Waals surface area contributed by atoms with Gasteiger partial charge in [-0.15, -0.1) is 0 Å². The third-order valence-corrected chi connectivity index (χ3v) is 4.75. The van der Waals surface area contributed by atoms with Crippen molar-refractivity contribution in [3.05, 3.63) is 88.0 Å². The molecule has 0 bridgehead atoms. The van der Waals surface area contributed by atoms with Gasteiger partial charge in [-0.3, -0.25) is 14.4 Å². The number of methoxy groups -OCH3 is 1. The molecule has 1 aliphatic carbocycles. The molecule has 6 nitrogen and oxygen atoms in total. The Morgan fingerprint density at radius 1 is 0.857 bits per heavy atom. The van der Waals surface area contributed by atoms with Gasteiger partial charge in [-0.25, -0.2) is 0 Å². The maximum atomic E-state index is 12.9. The zero-order valence-corrected chi connectivity index (χ0v) is 14.7. The number of hydrogen-bond donors (Lipinski definition) is 2. The first kappa shape index (κ1) is 17.5. The van der Waals surface area contributed by atoms with E-state index in [0.717, 1.165) is 6.07 Å². The third kappa shape index (κ3) is 2.46. The molecular weight excluding hydrogens is 360 g/mol. The molecule has 0 unspecified atom stereocenters. The van der Waals surface area contributed by atoms with Crippen molar-refractivity contribution in [2.24, 2.45) is 0 Å². The molecule has 0 amide bonds. The highest BCUT2D eigenvalue weighted by molar-refractivity contribution is 6.31. The average Bonchev–Trinajstić information content (AvgIpc) is 2.73. The fourth-order valence-electron chi connectivity index (χ4n) is 3.33. The molecule has 0 saturated heterocycles. The minimum atomic E-state index is -0.624. The van der Waals surface area contributed by atoms with E-state index < -0.39 is 28.8 Å². The van der Waals surface area contributed by atoms with Gasteiger partial charge in [0.1, 0.15) is 17.2 Å². The van der Waals surface area contributed by atoms with Crippen LogP contribution in [0.5, 0.6) is 17.2 Å². The first-order valence-electron chi connectivity index (χ1n) is 8.40. The smallest absolute Gasteiger partial charge is 0.198 e. The number of benzene rings is 3. The fraction of sp³-hybridized carbons (Fsp3) is 0.0455. The maximum absolute atomic E-state index is 12.9. The van der Waals surface area contributed by atoms with Crippen LogP contribution in [-0.2, 0) is 0 Å². The van der Waals surface area contributed by atoms with Crippen molar-refractivity contribution in [2.45, 2.75) is 0 Å². The Morgan fingerprint density at radius 3 is 2.00 bits per heavy atom. The van der Waals surface area contributed by atoms with Gasteiger partial charge in [0.15, 0.2) is 17.3 Å². The van der Waals surface area contributed by atoms with Crippen LogP contribution >= 0.6 is 0 Å². The van der Waals surface area contributed by atoms with Crippen LogP contribution in [0, 0.1) is 0 Å². The van der Waals surface area contributed by atoms with Crippen molar-refractivity contribution >= 4 is 17.3 Å². The summed E-state index contributed by atoms with van der Waals surface area (Å²) in [7, 11) is 1.49. The molecule has 2 N–H and O–H groups in total. The number of ether oxygens (including phenoxy) is 1. The number of hydrogen-bond acceptors (Lipinski definition) is 6. The Balaban J connectivity index is 1.89. The SMILES string of the molecule is COc1ccc(C(=O)c2cc(O)c3c(c2O)C(=O)c2ccccc2C3=O)cc1. The number of phenols is 2. The summed E-state index contributed by atoms with van der Waals surface area (Å²) < 4.78 is 5.05. The van der Waals surface area contributed by atoms with E-state index >= 15 is 0 Å². The quantitative estimate of drug-likeness (QED) is 0.422. The van der Waals surface area contributed by atoms with Crippen LogP contribution in [0.2, 0.25) is 0 Å². The highest BCUT2D eigenvalue weighted by Gasteiger charge is 2.36. The van der Waals surface area contributed by atoms with Gasteiger partial charge in [-0.2, -0.15) is 0 Å². The first-order valence-corrected chi connectivity index (χ1v) is 8.40. The molecule has 3 aromatic carbocycles. The predicted molar refractivity (Wildman–Crippen MR) is 99.5 cm³/mol. The number of carbonyl (C=O) groups is 3. The molecule has 0 radical (unpaired) electrons. The van der Waals surface area contributed by atoms with Gasteiger partial charge in [-0.05, 0) is 30.3 Å². The molecule has 138 valence electrons. The Kier molecular flexibility index (Phi) is 3.96. The summed E-state index contributed by atoms with van der Waals surface area (Å²) in [5.74, 6) is -2.41. The summed E-state index contributed by atoms with van der Waals surface area (Å²) in [4.78, 5) is 38.4. The van der Waals surface area contributed by atoms with E-state index in [4.69, 9.17) is 4.74 Å². The number of phenolic OH excluding ortho intramolecular Hbond substituents is 2. The van der Waals surface area contributed by atoms with Crippen molar-refractivity contribution in [1.82, 2.24) is 0 Å². The largest absolute Gasteiger partial charge is 0.507 e. The predicted octanol–water partition coefficient (Wildman–Crippen LogP) is 3.11. The van der Waals surface area contributed by atoms with Gasteiger partial charge in [0.25, 0.3) is 0 Å². The van der Waals surface area contributed by atoms with E-state index in [2.05, 4.69) is 0 Å². The van der Waals surface area contributed by atoms with Crippen molar-refractivity contribution in [3.63, 3.8) is 0 Å². The molecule has 0 heterocycles. The molecule has 0 fully saturated rings. The van der Waals surface area contributed by atoms with E-state index in [9.17, 15) is 24.6 Å². The van der Waals surface area contributed by atoms with Crippen LogP contribution in [0.3, 0.4) is 0 Å². The van der Waals surface area contributed by atoms with Gasteiger partial charge in [0, 0.05) is 16.7 Å². The van der Waals surface area contributed by atoms with E-state index in [1.54, 1.807) is 24.3 Å². The van der Waals surface area contributed by atoms with Gasteiger partial charge in [-0.1, -0.05) is 24.3 Å². The van der Waals surface area contributed by atoms with Crippen molar-refractivity contribution < 1.29 is 29.3 Å². The molecule has 4 rings (SSSR count). The maximum Gasteiger partial charge on any atom is 0.198 e. The fourth-order valence-corrected chi connectivity index (χ4v) is 3.33. The second kappa shape index (κ2) is 6.35. The lowest BCUT2D eigenvalue weighted by Gasteiger charge is -2.20. The van der Waals surface area contributed by atoms with Crippen LogP contribution in [0.25, 0.3) is 0 Å². The second-order valence-corrected chi connectivity index (χ2v) is 6.30. The first-order chi connectivity index (χ1) is 13.4. The van der Waals surface area contributed by atoms with Gasteiger partial charge >= 0.3 is 0 Å². The van der Waals surface area contributed by atoms with Gasteiger partial charge in [0.05, 0.1) is 23.8 Å². The Morgan fingerprint density at radius 2 is 1.43 bits per heavy atom. The summed E-state index contributed by atoms with van der Waals surface area (Å²) in [6.45, 7) is 0. The summed E-state index contributed by atoms with van der Waals surface area (Å²) in [5.41, 5.74) is -0.437. The molecule has 3 aromatic rings. The summed E-state index contributed by atoms with van der Waals surface area (Å²) in [6.07, 6.45) is 0. The molecule has 0 aliphatic heterocycles. The summed E-state index contributed by atoms with van der Waals surface area (Å²) >= 11 is 0. The highest BCUT2D eigenvalue weighted by Crippen LogP contribution is 2.40. The Hall–Kier alpha value is -3.93. The number of rotatable bonds is 3. The van der Waals surface area contributed by atoms with E-state index in [1.165, 1.54) is 31.4 Å². The normalized spacial score (nSPS) is 12.3. The van der Waals surface area contributed by atoms with Crippen molar-refractivity contribution in [1.29, 1.82) is 0 Å². The monoisotopic (exact) mass is 374 g/mol. The zero-order chi connectivity index (χ0) is 20.0. The van der Waals surface area contributed by atoms with Crippen molar-refractivity contribution in [3.8, 4) is 17.2 Å². The molecule has 0 saturated carbocycles. The summed E-state index contributed by atoms with van der Waals surface area (Å²) in [5, 5.41) is 21.1.